The van der Waals surface area contributed by atoms with Crippen LogP contribution in [0.5, 0.6) is 5.75 Å². The molecule has 1 aromatic rings. The van der Waals surface area contributed by atoms with E-state index in [2.05, 4.69) is 5.32 Å². The van der Waals surface area contributed by atoms with Crippen LogP contribution >= 0.6 is 0 Å². The van der Waals surface area contributed by atoms with Crippen LogP contribution in [0, 0.1) is 5.92 Å². The lowest BCUT2D eigenvalue weighted by Crippen LogP contribution is -2.56. The summed E-state index contributed by atoms with van der Waals surface area (Å²) in [6.07, 6.45) is 2.15. The first kappa shape index (κ1) is 17.7. The molecule has 1 aliphatic carbocycles. The van der Waals surface area contributed by atoms with E-state index in [1.54, 1.807) is 12.1 Å². The molecule has 9 heteroatoms. The topological polar surface area (TPSA) is 148 Å². The molecular formula is C16H22BN3O5. The Kier molecular flexibility index (Phi) is 4.98. The molecule has 0 bridgehead atoms. The number of benzene rings is 1. The quantitative estimate of drug-likeness (QED) is 0.453. The van der Waals surface area contributed by atoms with Gasteiger partial charge in [0.05, 0.1) is 11.5 Å². The minimum absolute atomic E-state index is 0.00596. The predicted molar refractivity (Wildman–Crippen MR) is 90.9 cm³/mol. The summed E-state index contributed by atoms with van der Waals surface area (Å²) in [6.45, 7) is 0. The molecule has 0 radical (unpaired) electrons. The molecule has 4 unspecified atom stereocenters. The molecule has 134 valence electrons. The third-order valence-corrected chi connectivity index (χ3v) is 5.00. The van der Waals surface area contributed by atoms with Crippen molar-refractivity contribution in [1.29, 1.82) is 0 Å². The third kappa shape index (κ3) is 3.63. The van der Waals surface area contributed by atoms with Gasteiger partial charge in [0.2, 0.25) is 5.91 Å². The Morgan fingerprint density at radius 2 is 2.00 bits per heavy atom. The van der Waals surface area contributed by atoms with E-state index in [1.165, 1.54) is 6.07 Å². The van der Waals surface area contributed by atoms with Crippen LogP contribution in [0.15, 0.2) is 18.2 Å². The zero-order valence-corrected chi connectivity index (χ0v) is 13.7. The highest BCUT2D eigenvalue weighted by Gasteiger charge is 2.39. The van der Waals surface area contributed by atoms with Crippen molar-refractivity contribution in [3.63, 3.8) is 0 Å². The van der Waals surface area contributed by atoms with E-state index in [9.17, 15) is 19.7 Å². The predicted octanol–water partition coefficient (Wildman–Crippen LogP) is -0.721. The van der Waals surface area contributed by atoms with E-state index in [0.717, 1.165) is 0 Å². The maximum Gasteiger partial charge on any atom is 0.547 e. The Balaban J connectivity index is 1.69. The zero-order chi connectivity index (χ0) is 18.1. The fraction of sp³-hybridized carbons (Fsp3) is 0.500. The van der Waals surface area contributed by atoms with Gasteiger partial charge in [-0.15, -0.1) is 0 Å². The lowest BCUT2D eigenvalue weighted by atomic mass is 9.71. The number of fused-ring (bicyclic) bond motifs is 1. The summed E-state index contributed by atoms with van der Waals surface area (Å²) in [5.41, 5.74) is 12.4. The summed E-state index contributed by atoms with van der Waals surface area (Å²) in [7, 11) is -1.31. The van der Waals surface area contributed by atoms with Gasteiger partial charge in [0.15, 0.2) is 0 Å². The van der Waals surface area contributed by atoms with Crippen molar-refractivity contribution in [3.8, 4) is 5.75 Å². The minimum atomic E-state index is -1.31. The smallest absolute Gasteiger partial charge is 0.534 e. The highest BCUT2D eigenvalue weighted by atomic mass is 16.5. The molecule has 1 amide bonds. The SMILES string of the molecule is NC1CCC(C(=O)NC2Cc3cccc(C(=O)O)c3OB2O)CC1N. The molecule has 2 aliphatic rings. The van der Waals surface area contributed by atoms with Crippen LogP contribution in [-0.2, 0) is 11.2 Å². The van der Waals surface area contributed by atoms with E-state index in [4.69, 9.17) is 16.1 Å². The summed E-state index contributed by atoms with van der Waals surface area (Å²) in [6, 6.07) is 4.45. The van der Waals surface area contributed by atoms with E-state index in [0.29, 0.717) is 31.2 Å². The van der Waals surface area contributed by atoms with E-state index in [-0.39, 0.29) is 35.2 Å². The van der Waals surface area contributed by atoms with Crippen LogP contribution in [0.2, 0.25) is 0 Å². The summed E-state index contributed by atoms with van der Waals surface area (Å²) in [5.74, 6) is -2.05. The molecule has 0 saturated heterocycles. The summed E-state index contributed by atoms with van der Waals surface area (Å²) in [4.78, 5) is 23.7. The molecule has 1 aliphatic heterocycles. The Hall–Kier alpha value is -2.10. The first-order valence-corrected chi connectivity index (χ1v) is 8.38. The Labute approximate surface area is 145 Å². The molecule has 25 heavy (non-hydrogen) atoms. The van der Waals surface area contributed by atoms with Crippen molar-refractivity contribution in [1.82, 2.24) is 5.32 Å². The number of carbonyl (C=O) groups excluding carboxylic acids is 1. The Morgan fingerprint density at radius 3 is 2.68 bits per heavy atom. The van der Waals surface area contributed by atoms with E-state index in [1.807, 2.05) is 0 Å². The summed E-state index contributed by atoms with van der Waals surface area (Å²) in [5, 5.41) is 22.2. The number of carbonyl (C=O) groups is 2. The second-order valence-electron chi connectivity index (χ2n) is 6.76. The van der Waals surface area contributed by atoms with Gasteiger partial charge in [0.25, 0.3) is 0 Å². The third-order valence-electron chi connectivity index (χ3n) is 5.00. The summed E-state index contributed by atoms with van der Waals surface area (Å²) >= 11 is 0. The second kappa shape index (κ2) is 7.03. The molecule has 1 fully saturated rings. The largest absolute Gasteiger partial charge is 0.547 e. The highest BCUT2D eigenvalue weighted by molar-refractivity contribution is 6.47. The van der Waals surface area contributed by atoms with Gasteiger partial charge in [-0.2, -0.15) is 0 Å². The van der Waals surface area contributed by atoms with Gasteiger partial charge in [0, 0.05) is 18.0 Å². The van der Waals surface area contributed by atoms with Crippen molar-refractivity contribution >= 4 is 19.0 Å². The molecule has 8 nitrogen and oxygen atoms in total. The highest BCUT2D eigenvalue weighted by Crippen LogP contribution is 2.30. The van der Waals surface area contributed by atoms with Crippen LogP contribution in [-0.4, -0.2) is 47.2 Å². The average molecular weight is 347 g/mol. The van der Waals surface area contributed by atoms with Crippen molar-refractivity contribution in [2.75, 3.05) is 0 Å². The standard InChI is InChI=1S/C16H22BN3O5/c18-11-5-4-9(6-12(11)19)15(21)20-13-7-8-2-1-3-10(16(22)23)14(8)25-17(13)24/h1-3,9,11-13,24H,4-7,18-19H2,(H,20,21)(H,22,23). The number of carboxylic acids is 1. The van der Waals surface area contributed by atoms with Gasteiger partial charge in [-0.3, -0.25) is 4.79 Å². The normalized spacial score (nSPS) is 28.7. The molecule has 1 heterocycles. The minimum Gasteiger partial charge on any atom is -0.534 e. The molecule has 1 aromatic carbocycles. The van der Waals surface area contributed by atoms with Crippen LogP contribution in [0.4, 0.5) is 0 Å². The van der Waals surface area contributed by atoms with E-state index >= 15 is 0 Å². The first-order valence-electron chi connectivity index (χ1n) is 8.38. The fourth-order valence-electron chi connectivity index (χ4n) is 3.48. The maximum absolute atomic E-state index is 12.5. The van der Waals surface area contributed by atoms with Crippen LogP contribution in [0.1, 0.15) is 35.2 Å². The number of para-hydroxylation sites is 1. The van der Waals surface area contributed by atoms with Crippen molar-refractivity contribution in [3.05, 3.63) is 29.3 Å². The molecule has 4 atom stereocenters. The van der Waals surface area contributed by atoms with Gasteiger partial charge in [-0.25, -0.2) is 4.79 Å². The van der Waals surface area contributed by atoms with Gasteiger partial charge in [-0.05, 0) is 37.3 Å². The summed E-state index contributed by atoms with van der Waals surface area (Å²) < 4.78 is 5.38. The molecule has 3 rings (SSSR count). The number of hydrogen-bond acceptors (Lipinski definition) is 6. The van der Waals surface area contributed by atoms with Gasteiger partial charge in [-0.1, -0.05) is 12.1 Å². The molecule has 7 N–H and O–H groups in total. The first-order chi connectivity index (χ1) is 11.9. The Morgan fingerprint density at radius 1 is 1.24 bits per heavy atom. The fourth-order valence-corrected chi connectivity index (χ4v) is 3.48. The average Bonchev–Trinajstić information content (AvgIpc) is 2.57. The second-order valence-corrected chi connectivity index (χ2v) is 6.76. The van der Waals surface area contributed by atoms with Gasteiger partial charge in [0.1, 0.15) is 5.75 Å². The van der Waals surface area contributed by atoms with Crippen LogP contribution in [0.3, 0.4) is 0 Å². The van der Waals surface area contributed by atoms with Crippen molar-refractivity contribution in [2.45, 2.75) is 43.7 Å². The Bertz CT molecular complexity index is 686. The zero-order valence-electron chi connectivity index (χ0n) is 13.7. The van der Waals surface area contributed by atoms with Gasteiger partial charge >= 0.3 is 13.1 Å². The molecule has 1 saturated carbocycles. The number of nitrogens with one attached hydrogen (secondary N) is 1. The molecule has 0 aromatic heterocycles. The van der Waals surface area contributed by atoms with Crippen molar-refractivity contribution in [2.24, 2.45) is 17.4 Å². The lowest BCUT2D eigenvalue weighted by molar-refractivity contribution is -0.126. The van der Waals surface area contributed by atoms with Crippen LogP contribution < -0.4 is 21.4 Å². The van der Waals surface area contributed by atoms with Crippen LogP contribution in [0.25, 0.3) is 0 Å². The molecular weight excluding hydrogens is 325 g/mol. The number of rotatable bonds is 3. The van der Waals surface area contributed by atoms with Crippen molar-refractivity contribution < 1.29 is 24.4 Å². The number of carboxylic acid groups (broad SMARTS) is 1. The van der Waals surface area contributed by atoms with Gasteiger partial charge < -0.3 is 31.6 Å². The monoisotopic (exact) mass is 347 g/mol. The number of hydrogen-bond donors (Lipinski definition) is 5. The van der Waals surface area contributed by atoms with E-state index < -0.39 is 19.0 Å². The number of aromatic carboxylic acids is 1. The number of nitrogens with two attached hydrogens (primary N) is 2. The lowest BCUT2D eigenvalue weighted by Gasteiger charge is -2.33. The number of amides is 1. The maximum atomic E-state index is 12.5. The molecule has 0 spiro atoms.